The number of carbonyl (C=O) groups is 3. The van der Waals surface area contributed by atoms with Crippen LogP contribution in [0.1, 0.15) is 31.3 Å². The van der Waals surface area contributed by atoms with Crippen LogP contribution in [-0.2, 0) is 19.1 Å². The Balaban J connectivity index is -0.000000166. The molecule has 0 unspecified atom stereocenters. The maximum Gasteiger partial charge on any atom is 0.379 e. The Bertz CT molecular complexity index is 526. The molecular formula is C16H33ClN6O6. The molecule has 1 rings (SSSR count). The zero-order valence-corrected chi connectivity index (χ0v) is 18.2. The van der Waals surface area contributed by atoms with Crippen molar-refractivity contribution in [3.8, 4) is 0 Å². The molecule has 0 aliphatic heterocycles. The van der Waals surface area contributed by atoms with Gasteiger partial charge in [-0.25, -0.2) is 14.8 Å². The highest BCUT2D eigenvalue weighted by atomic mass is 35.5. The molecule has 0 atom stereocenters. The van der Waals surface area contributed by atoms with E-state index in [1.54, 1.807) is 45.8 Å². The molecule has 0 spiro atoms. The number of carbonyl (C=O) groups excluding carboxylic acids is 3. The summed E-state index contributed by atoms with van der Waals surface area (Å²) >= 11 is 4.14. The van der Waals surface area contributed by atoms with Gasteiger partial charge in [0, 0.05) is 39.2 Å². The van der Waals surface area contributed by atoms with Crippen molar-refractivity contribution in [1.29, 1.82) is 0 Å². The summed E-state index contributed by atoms with van der Waals surface area (Å²) in [5.74, 6) is 6.20. The number of ketones is 1. The van der Waals surface area contributed by atoms with Gasteiger partial charge in [0.05, 0.1) is 13.2 Å². The van der Waals surface area contributed by atoms with E-state index in [1.807, 2.05) is 0 Å². The Labute approximate surface area is 176 Å². The van der Waals surface area contributed by atoms with Crippen molar-refractivity contribution in [1.82, 2.24) is 15.1 Å². The lowest BCUT2D eigenvalue weighted by Crippen LogP contribution is -2.15. The van der Waals surface area contributed by atoms with Gasteiger partial charge < -0.3 is 19.5 Å². The molecule has 0 aliphatic carbocycles. The van der Waals surface area contributed by atoms with Crippen LogP contribution in [0.5, 0.6) is 0 Å². The summed E-state index contributed by atoms with van der Waals surface area (Å²) in [7, 11) is 3.52. The van der Waals surface area contributed by atoms with Gasteiger partial charge in [0.15, 0.2) is 0 Å². The first kappa shape index (κ1) is 34.0. The zero-order chi connectivity index (χ0) is 23.7. The van der Waals surface area contributed by atoms with E-state index in [0.717, 1.165) is 0 Å². The van der Waals surface area contributed by atoms with E-state index in [2.05, 4.69) is 48.4 Å². The maximum absolute atomic E-state index is 10.8. The fourth-order valence-electron chi connectivity index (χ4n) is 1.07. The average Bonchev–Trinajstić information content (AvgIpc) is 3.26. The normalized spacial score (nSPS) is 8.34. The van der Waals surface area contributed by atoms with Crippen LogP contribution in [0, 0.1) is 0 Å². The minimum Gasteiger partial charge on any atom is -0.461 e. The number of nitrogens with two attached hydrogens (primary N) is 3. The number of rotatable bonds is 6. The summed E-state index contributed by atoms with van der Waals surface area (Å²) < 4.78 is 9.15. The molecule has 0 amide bonds. The number of esters is 2. The molecule has 13 heteroatoms. The van der Waals surface area contributed by atoms with Crippen LogP contribution < -0.4 is 16.9 Å². The quantitative estimate of drug-likeness (QED) is 0.0969. The van der Waals surface area contributed by atoms with Crippen LogP contribution in [0.25, 0.3) is 0 Å². The van der Waals surface area contributed by atoms with Crippen LogP contribution in [0.4, 0.5) is 0 Å². The Hall–Kier alpha value is -2.51. The smallest absolute Gasteiger partial charge is 0.379 e. The molecule has 0 fully saturated rings. The first-order valence-electron chi connectivity index (χ1n) is 8.22. The number of hydrogen-bond donors (Lipinski definition) is 5. The maximum atomic E-state index is 10.8. The molecule has 0 radical (unpaired) electrons. The number of nitrogens with one attached hydrogen (secondary N) is 1. The van der Waals surface area contributed by atoms with Gasteiger partial charge in [-0.3, -0.25) is 21.6 Å². The average molecular weight is 441 g/mol. The summed E-state index contributed by atoms with van der Waals surface area (Å²) in [6.45, 7) is 5.95. The molecule has 170 valence electrons. The molecule has 29 heavy (non-hydrogen) atoms. The number of aliphatic hydroxyl groups is 1. The summed E-state index contributed by atoms with van der Waals surface area (Å²) in [6, 6.07) is 1.57. The standard InChI is InChI=1S/C8H13NO3.C6H8N2O2.C2H6O.ClH2N.H4N2/c1-4-12-8(11)7(10)5-6-9(2)3;1-2-10-6(9)5-3-4-7-8-5;1-2-3;2*1-2/h5-6H,4H2,1-3H3;3-4H,2H2,1H3,(H,7,8);3H,2H2,1H3;2H2;1-2H2/b6-5+;;;;. The second kappa shape index (κ2) is 27.7. The first-order valence-corrected chi connectivity index (χ1v) is 8.65. The second-order valence-electron chi connectivity index (χ2n) is 4.37. The first-order chi connectivity index (χ1) is 13.8. The van der Waals surface area contributed by atoms with Gasteiger partial charge in [-0.2, -0.15) is 5.10 Å². The number of nitrogens with zero attached hydrogens (tertiary/aromatic N) is 2. The van der Waals surface area contributed by atoms with Crippen LogP contribution in [0.2, 0.25) is 0 Å². The van der Waals surface area contributed by atoms with Crippen molar-refractivity contribution in [2.75, 3.05) is 33.9 Å². The van der Waals surface area contributed by atoms with E-state index in [-0.39, 0.29) is 19.2 Å². The molecule has 1 heterocycles. The number of halogens is 1. The van der Waals surface area contributed by atoms with Crippen molar-refractivity contribution in [2.24, 2.45) is 16.9 Å². The molecule has 1 aromatic heterocycles. The number of aromatic nitrogens is 2. The van der Waals surface area contributed by atoms with Crippen molar-refractivity contribution in [3.05, 3.63) is 30.2 Å². The van der Waals surface area contributed by atoms with Gasteiger partial charge >= 0.3 is 11.9 Å². The summed E-state index contributed by atoms with van der Waals surface area (Å²) in [5, 5.41) is 17.6. The van der Waals surface area contributed by atoms with Crippen LogP contribution >= 0.6 is 11.8 Å². The number of hydrogen-bond acceptors (Lipinski definition) is 11. The van der Waals surface area contributed by atoms with Gasteiger partial charge in [-0.1, -0.05) is 0 Å². The van der Waals surface area contributed by atoms with Crippen molar-refractivity contribution in [2.45, 2.75) is 20.8 Å². The number of ether oxygens (including phenoxy) is 2. The minimum atomic E-state index is -0.810. The lowest BCUT2D eigenvalue weighted by Gasteiger charge is -2.02. The van der Waals surface area contributed by atoms with Crippen molar-refractivity contribution in [3.63, 3.8) is 0 Å². The van der Waals surface area contributed by atoms with Crippen molar-refractivity contribution >= 4 is 29.5 Å². The SMILES string of the molecule is CCO.CCOC(=O)C(=O)/C=C/N(C)C.CCOC(=O)c1ccn[nH]1.NCl.NN. The molecule has 12 nitrogen and oxygen atoms in total. The fraction of sp³-hybridized carbons (Fsp3) is 0.500. The molecule has 1 aromatic rings. The van der Waals surface area contributed by atoms with Crippen LogP contribution in [-0.4, -0.2) is 71.8 Å². The predicted molar refractivity (Wildman–Crippen MR) is 110 cm³/mol. The number of aromatic amines is 1. The number of H-pyrrole nitrogens is 1. The molecular weight excluding hydrogens is 408 g/mol. The highest BCUT2D eigenvalue weighted by Gasteiger charge is 2.09. The fourth-order valence-corrected chi connectivity index (χ4v) is 1.07. The summed E-state index contributed by atoms with van der Waals surface area (Å²) in [6.07, 6.45) is 4.18. The van der Waals surface area contributed by atoms with Gasteiger partial charge in [-0.15, -0.1) is 0 Å². The Morgan fingerprint density at radius 1 is 1.17 bits per heavy atom. The Morgan fingerprint density at radius 3 is 2.00 bits per heavy atom. The zero-order valence-electron chi connectivity index (χ0n) is 17.4. The predicted octanol–water partition coefficient (Wildman–Crippen LogP) is -0.303. The third kappa shape index (κ3) is 25.5. The number of aliphatic hydroxyl groups excluding tert-OH is 1. The molecule has 0 aromatic carbocycles. The lowest BCUT2D eigenvalue weighted by atomic mass is 10.4. The van der Waals surface area contributed by atoms with Crippen LogP contribution in [0.3, 0.4) is 0 Å². The largest absolute Gasteiger partial charge is 0.461 e. The molecule has 0 saturated carbocycles. The van der Waals surface area contributed by atoms with E-state index < -0.39 is 11.8 Å². The lowest BCUT2D eigenvalue weighted by molar-refractivity contribution is -0.151. The molecule has 8 N–H and O–H groups in total. The van der Waals surface area contributed by atoms with Gasteiger partial charge in [-0.05, 0) is 38.6 Å². The van der Waals surface area contributed by atoms with Gasteiger partial charge in [0.2, 0.25) is 0 Å². The van der Waals surface area contributed by atoms with E-state index >= 15 is 0 Å². The monoisotopic (exact) mass is 440 g/mol. The number of hydrazine groups is 1. The van der Waals surface area contributed by atoms with E-state index in [0.29, 0.717) is 12.3 Å². The van der Waals surface area contributed by atoms with E-state index in [9.17, 15) is 14.4 Å². The third-order valence-corrected chi connectivity index (χ3v) is 2.00. The molecule has 0 saturated heterocycles. The van der Waals surface area contributed by atoms with E-state index in [4.69, 9.17) is 5.11 Å². The molecule has 0 aliphatic rings. The third-order valence-electron chi connectivity index (χ3n) is 2.00. The Morgan fingerprint density at radius 2 is 1.66 bits per heavy atom. The Kier molecular flexibility index (Phi) is 32.5. The summed E-state index contributed by atoms with van der Waals surface area (Å²) in [5.41, 5.74) is 0.391. The topological polar surface area (TPSA) is 200 Å². The highest BCUT2D eigenvalue weighted by Crippen LogP contribution is 1.93. The minimum absolute atomic E-state index is 0.223. The summed E-state index contributed by atoms with van der Waals surface area (Å²) in [4.78, 5) is 34.0. The second-order valence-corrected chi connectivity index (χ2v) is 4.37. The van der Waals surface area contributed by atoms with Gasteiger partial charge in [0.25, 0.3) is 5.78 Å². The van der Waals surface area contributed by atoms with Crippen LogP contribution in [0.15, 0.2) is 24.5 Å². The highest BCUT2D eigenvalue weighted by molar-refractivity contribution is 6.38. The van der Waals surface area contributed by atoms with E-state index in [1.165, 1.54) is 18.5 Å². The van der Waals surface area contributed by atoms with Gasteiger partial charge in [0.1, 0.15) is 5.69 Å². The van der Waals surface area contributed by atoms with Crippen molar-refractivity contribution < 1.29 is 29.0 Å². The molecule has 0 bridgehead atoms.